The van der Waals surface area contributed by atoms with Crippen molar-refractivity contribution in [1.29, 1.82) is 0 Å². The van der Waals surface area contributed by atoms with Crippen molar-refractivity contribution in [2.75, 3.05) is 5.88 Å². The third-order valence-electron chi connectivity index (χ3n) is 3.48. The molecule has 2 heteroatoms. The number of hydrogen-bond donors (Lipinski definition) is 1. The van der Waals surface area contributed by atoms with Gasteiger partial charge in [-0.05, 0) is 25.0 Å². The summed E-state index contributed by atoms with van der Waals surface area (Å²) in [5.41, 5.74) is 3.58. The minimum atomic E-state index is -0.201. The van der Waals surface area contributed by atoms with E-state index in [1.807, 2.05) is 18.2 Å². The monoisotopic (exact) mass is 273 g/mol. The fourth-order valence-corrected chi connectivity index (χ4v) is 2.28. The molecule has 0 aliphatic rings. The predicted molar refractivity (Wildman–Crippen MR) is 82.5 cm³/mol. The second-order valence-electron chi connectivity index (χ2n) is 5.17. The maximum Gasteiger partial charge on any atom is 0.0545 e. The van der Waals surface area contributed by atoms with Gasteiger partial charge in [0.15, 0.2) is 0 Å². The van der Waals surface area contributed by atoms with E-state index in [4.69, 9.17) is 11.6 Å². The Balaban J connectivity index is 2.09. The number of nitrogens with one attached hydrogen (secondary N) is 1. The molecule has 0 fully saturated rings. The van der Waals surface area contributed by atoms with Crippen molar-refractivity contribution in [3.63, 3.8) is 0 Å². The van der Waals surface area contributed by atoms with Gasteiger partial charge in [-0.15, -0.1) is 11.6 Å². The van der Waals surface area contributed by atoms with Gasteiger partial charge in [0.1, 0.15) is 0 Å². The molecular formula is C17H20ClN. The molecule has 1 nitrogen and oxygen atoms in total. The first-order valence-electron chi connectivity index (χ1n) is 6.56. The molecule has 0 aliphatic heterocycles. The van der Waals surface area contributed by atoms with E-state index >= 15 is 0 Å². The Kier molecular flexibility index (Phi) is 4.62. The van der Waals surface area contributed by atoms with Crippen molar-refractivity contribution in [3.05, 3.63) is 71.3 Å². The van der Waals surface area contributed by atoms with E-state index < -0.39 is 0 Å². The third-order valence-corrected chi connectivity index (χ3v) is 4.02. The molecule has 0 radical (unpaired) electrons. The van der Waals surface area contributed by atoms with Crippen molar-refractivity contribution < 1.29 is 0 Å². The van der Waals surface area contributed by atoms with Gasteiger partial charge in [0, 0.05) is 12.4 Å². The van der Waals surface area contributed by atoms with Crippen molar-refractivity contribution >= 4 is 11.6 Å². The normalized spacial score (nSPS) is 14.1. The van der Waals surface area contributed by atoms with Crippen LogP contribution in [0.1, 0.15) is 23.6 Å². The van der Waals surface area contributed by atoms with E-state index in [1.165, 1.54) is 16.7 Å². The highest BCUT2D eigenvalue weighted by Gasteiger charge is 2.24. The van der Waals surface area contributed by atoms with Crippen molar-refractivity contribution in [3.8, 4) is 0 Å². The molecule has 0 heterocycles. The lowest BCUT2D eigenvalue weighted by Gasteiger charge is -2.29. The molecule has 0 aromatic heterocycles. The zero-order valence-electron chi connectivity index (χ0n) is 11.5. The average molecular weight is 274 g/mol. The maximum atomic E-state index is 6.17. The Bertz CT molecular complexity index is 507. The molecule has 2 aromatic rings. The summed E-state index contributed by atoms with van der Waals surface area (Å²) in [6.07, 6.45) is 0. The SMILES string of the molecule is Cc1ccc(CNC(C)(CCl)c2ccccc2)cc1. The second kappa shape index (κ2) is 6.23. The molecule has 0 spiro atoms. The summed E-state index contributed by atoms with van der Waals surface area (Å²) in [6, 6.07) is 18.9. The summed E-state index contributed by atoms with van der Waals surface area (Å²) in [4.78, 5) is 0. The van der Waals surface area contributed by atoms with Gasteiger partial charge in [0.25, 0.3) is 0 Å². The second-order valence-corrected chi connectivity index (χ2v) is 5.44. The van der Waals surface area contributed by atoms with Gasteiger partial charge in [-0.2, -0.15) is 0 Å². The Morgan fingerprint density at radius 2 is 1.63 bits per heavy atom. The maximum absolute atomic E-state index is 6.17. The van der Waals surface area contributed by atoms with E-state index in [2.05, 4.69) is 55.6 Å². The van der Waals surface area contributed by atoms with E-state index in [-0.39, 0.29) is 5.54 Å². The molecule has 0 saturated heterocycles. The molecule has 2 rings (SSSR count). The van der Waals surface area contributed by atoms with Crippen LogP contribution >= 0.6 is 11.6 Å². The zero-order valence-corrected chi connectivity index (χ0v) is 12.2. The number of halogens is 1. The first-order chi connectivity index (χ1) is 9.14. The van der Waals surface area contributed by atoms with Gasteiger partial charge in [-0.25, -0.2) is 0 Å². The predicted octanol–water partition coefficient (Wildman–Crippen LogP) is 4.24. The molecule has 1 unspecified atom stereocenters. The van der Waals surface area contributed by atoms with Crippen molar-refractivity contribution in [2.24, 2.45) is 0 Å². The van der Waals surface area contributed by atoms with Crippen LogP contribution in [0.25, 0.3) is 0 Å². The fourth-order valence-electron chi connectivity index (χ4n) is 2.04. The summed E-state index contributed by atoms with van der Waals surface area (Å²) in [6.45, 7) is 5.06. The van der Waals surface area contributed by atoms with Gasteiger partial charge in [-0.1, -0.05) is 60.2 Å². The van der Waals surface area contributed by atoms with Crippen LogP contribution in [-0.4, -0.2) is 5.88 Å². The van der Waals surface area contributed by atoms with E-state index in [0.717, 1.165) is 6.54 Å². The Labute approximate surface area is 120 Å². The number of aryl methyl sites for hydroxylation is 1. The fraction of sp³-hybridized carbons (Fsp3) is 0.294. The Hall–Kier alpha value is -1.31. The molecule has 0 aliphatic carbocycles. The lowest BCUT2D eigenvalue weighted by atomic mass is 9.94. The first-order valence-corrected chi connectivity index (χ1v) is 7.09. The molecule has 100 valence electrons. The number of alkyl halides is 1. The molecule has 1 atom stereocenters. The van der Waals surface area contributed by atoms with Crippen LogP contribution in [0.15, 0.2) is 54.6 Å². The number of hydrogen-bond acceptors (Lipinski definition) is 1. The van der Waals surface area contributed by atoms with Crippen LogP contribution in [0.2, 0.25) is 0 Å². The zero-order chi connectivity index (χ0) is 13.7. The smallest absolute Gasteiger partial charge is 0.0545 e. The minimum Gasteiger partial charge on any atom is -0.303 e. The molecule has 2 aromatic carbocycles. The van der Waals surface area contributed by atoms with Crippen molar-refractivity contribution in [2.45, 2.75) is 25.9 Å². The van der Waals surface area contributed by atoms with Crippen LogP contribution in [0.5, 0.6) is 0 Å². The highest BCUT2D eigenvalue weighted by atomic mass is 35.5. The lowest BCUT2D eigenvalue weighted by molar-refractivity contribution is 0.407. The average Bonchev–Trinajstić information content (AvgIpc) is 2.47. The third kappa shape index (κ3) is 3.59. The summed E-state index contributed by atoms with van der Waals surface area (Å²) in [5.74, 6) is 0.545. The van der Waals surface area contributed by atoms with Gasteiger partial charge in [-0.3, -0.25) is 0 Å². The van der Waals surface area contributed by atoms with Crippen LogP contribution in [-0.2, 0) is 12.1 Å². The van der Waals surface area contributed by atoms with E-state index in [9.17, 15) is 0 Å². The molecule has 0 amide bonds. The van der Waals surface area contributed by atoms with Crippen LogP contribution in [0, 0.1) is 6.92 Å². The number of benzene rings is 2. The van der Waals surface area contributed by atoms with Crippen LogP contribution in [0.4, 0.5) is 0 Å². The Morgan fingerprint density at radius 1 is 1.00 bits per heavy atom. The molecule has 0 saturated carbocycles. The highest BCUT2D eigenvalue weighted by Crippen LogP contribution is 2.22. The highest BCUT2D eigenvalue weighted by molar-refractivity contribution is 6.18. The lowest BCUT2D eigenvalue weighted by Crippen LogP contribution is -2.40. The summed E-state index contributed by atoms with van der Waals surface area (Å²) < 4.78 is 0. The standard InChI is InChI=1S/C17H20ClN/c1-14-8-10-15(11-9-14)12-19-17(2,13-18)16-6-4-3-5-7-16/h3-11,19H,12-13H2,1-2H3. The first kappa shape index (κ1) is 14.1. The van der Waals surface area contributed by atoms with Gasteiger partial charge in [0.2, 0.25) is 0 Å². The molecule has 1 N–H and O–H groups in total. The molecular weight excluding hydrogens is 254 g/mol. The molecule has 19 heavy (non-hydrogen) atoms. The van der Waals surface area contributed by atoms with Gasteiger partial charge < -0.3 is 5.32 Å². The largest absolute Gasteiger partial charge is 0.303 e. The van der Waals surface area contributed by atoms with Crippen LogP contribution < -0.4 is 5.32 Å². The van der Waals surface area contributed by atoms with Gasteiger partial charge >= 0.3 is 0 Å². The topological polar surface area (TPSA) is 12.0 Å². The summed E-state index contributed by atoms with van der Waals surface area (Å²) in [7, 11) is 0. The summed E-state index contributed by atoms with van der Waals surface area (Å²) in [5, 5.41) is 3.57. The van der Waals surface area contributed by atoms with Crippen LogP contribution in [0.3, 0.4) is 0 Å². The Morgan fingerprint density at radius 3 is 2.21 bits per heavy atom. The van der Waals surface area contributed by atoms with E-state index in [1.54, 1.807) is 0 Å². The molecule has 0 bridgehead atoms. The quantitative estimate of drug-likeness (QED) is 0.804. The van der Waals surface area contributed by atoms with Gasteiger partial charge in [0.05, 0.1) is 5.54 Å². The minimum absolute atomic E-state index is 0.201. The van der Waals surface area contributed by atoms with Crippen molar-refractivity contribution in [1.82, 2.24) is 5.32 Å². The summed E-state index contributed by atoms with van der Waals surface area (Å²) >= 11 is 6.17. The van der Waals surface area contributed by atoms with E-state index in [0.29, 0.717) is 5.88 Å². The number of rotatable bonds is 5.